The predicted molar refractivity (Wildman–Crippen MR) is 60.6 cm³/mol. The van der Waals surface area contributed by atoms with E-state index in [0.29, 0.717) is 23.5 Å². The molecule has 0 atom stereocenters. The summed E-state index contributed by atoms with van der Waals surface area (Å²) in [6.07, 6.45) is 1.51. The average Bonchev–Trinajstić information content (AvgIpc) is 2.75. The van der Waals surface area contributed by atoms with E-state index in [-0.39, 0.29) is 11.8 Å². The van der Waals surface area contributed by atoms with E-state index < -0.39 is 0 Å². The van der Waals surface area contributed by atoms with Crippen LogP contribution in [0.25, 0.3) is 0 Å². The minimum atomic E-state index is -0.0953. The van der Waals surface area contributed by atoms with Gasteiger partial charge in [-0.15, -0.1) is 0 Å². The first-order valence-corrected chi connectivity index (χ1v) is 5.94. The first kappa shape index (κ1) is 11.2. The van der Waals surface area contributed by atoms with E-state index in [9.17, 15) is 4.79 Å². The number of piperidine rings is 1. The Morgan fingerprint density at radius 2 is 2.19 bits per heavy atom. The van der Waals surface area contributed by atoms with Crippen molar-refractivity contribution in [3.63, 3.8) is 0 Å². The topological polar surface area (TPSA) is 57.2 Å². The zero-order chi connectivity index (χ0) is 11.5. The molecule has 1 fully saturated rings. The van der Waals surface area contributed by atoms with E-state index in [0.717, 1.165) is 12.8 Å². The van der Waals surface area contributed by atoms with E-state index in [4.69, 9.17) is 9.68 Å². The summed E-state index contributed by atoms with van der Waals surface area (Å²) in [5.41, 5.74) is 0. The number of carbonyl (C=O) groups is 1. The fourth-order valence-electron chi connectivity index (χ4n) is 1.80. The molecular weight excluding hydrogens is 272 g/mol. The summed E-state index contributed by atoms with van der Waals surface area (Å²) in [7, 11) is 0. The molecule has 2 heterocycles. The van der Waals surface area contributed by atoms with Crippen LogP contribution >= 0.6 is 15.9 Å². The van der Waals surface area contributed by atoms with Crippen LogP contribution in [0.3, 0.4) is 0 Å². The van der Waals surface area contributed by atoms with Crippen LogP contribution in [0, 0.1) is 17.2 Å². The van der Waals surface area contributed by atoms with Gasteiger partial charge in [-0.25, -0.2) is 0 Å². The summed E-state index contributed by atoms with van der Waals surface area (Å²) in [5, 5.41) is 8.76. The average molecular weight is 283 g/mol. The maximum atomic E-state index is 11.9. The van der Waals surface area contributed by atoms with Crippen molar-refractivity contribution in [1.29, 1.82) is 5.26 Å². The minimum absolute atomic E-state index is 0.0902. The number of likely N-dealkylation sites (tertiary alicyclic amines) is 1. The van der Waals surface area contributed by atoms with Gasteiger partial charge in [0, 0.05) is 19.0 Å². The highest BCUT2D eigenvalue weighted by Gasteiger charge is 2.24. The van der Waals surface area contributed by atoms with Crippen LogP contribution in [-0.2, 0) is 0 Å². The first-order valence-electron chi connectivity index (χ1n) is 5.15. The number of rotatable bonds is 1. The Hall–Kier alpha value is -1.28. The Morgan fingerprint density at radius 3 is 2.69 bits per heavy atom. The molecule has 0 N–H and O–H groups in total. The number of hydrogen-bond acceptors (Lipinski definition) is 3. The maximum absolute atomic E-state index is 11.9. The summed E-state index contributed by atoms with van der Waals surface area (Å²) >= 11 is 3.16. The Labute approximate surface area is 102 Å². The molecule has 0 radical (unpaired) electrons. The predicted octanol–water partition coefficient (Wildman–Crippen LogP) is 2.42. The van der Waals surface area contributed by atoms with Crippen LogP contribution in [-0.4, -0.2) is 23.9 Å². The molecule has 0 aliphatic carbocycles. The van der Waals surface area contributed by atoms with E-state index in [1.807, 2.05) is 0 Å². The third kappa shape index (κ3) is 2.27. The Bertz CT molecular complexity index is 427. The van der Waals surface area contributed by atoms with Gasteiger partial charge in [0.25, 0.3) is 5.91 Å². The van der Waals surface area contributed by atoms with Gasteiger partial charge in [-0.05, 0) is 40.9 Å². The molecule has 0 saturated carbocycles. The monoisotopic (exact) mass is 282 g/mol. The number of nitriles is 1. The zero-order valence-electron chi connectivity index (χ0n) is 8.65. The van der Waals surface area contributed by atoms with Gasteiger partial charge in [-0.2, -0.15) is 5.26 Å². The molecule has 1 amide bonds. The van der Waals surface area contributed by atoms with Gasteiger partial charge in [-0.3, -0.25) is 4.79 Å². The molecule has 2 rings (SSSR count). The van der Waals surface area contributed by atoms with Crippen molar-refractivity contribution in [3.05, 3.63) is 22.6 Å². The van der Waals surface area contributed by atoms with Crippen molar-refractivity contribution < 1.29 is 9.21 Å². The number of halogens is 1. The minimum Gasteiger partial charge on any atom is -0.444 e. The smallest absolute Gasteiger partial charge is 0.289 e. The third-order valence-electron chi connectivity index (χ3n) is 2.75. The van der Waals surface area contributed by atoms with Crippen LogP contribution < -0.4 is 0 Å². The quantitative estimate of drug-likeness (QED) is 0.795. The molecular formula is C11H11BrN2O2. The zero-order valence-corrected chi connectivity index (χ0v) is 10.2. The van der Waals surface area contributed by atoms with Gasteiger partial charge in [0.2, 0.25) is 0 Å². The van der Waals surface area contributed by atoms with Crippen LogP contribution in [0.1, 0.15) is 23.4 Å². The summed E-state index contributed by atoms with van der Waals surface area (Å²) in [4.78, 5) is 13.7. The van der Waals surface area contributed by atoms with E-state index >= 15 is 0 Å². The fourth-order valence-corrected chi connectivity index (χ4v) is 2.10. The molecule has 1 aromatic heterocycles. The second-order valence-electron chi connectivity index (χ2n) is 3.80. The van der Waals surface area contributed by atoms with Gasteiger partial charge in [-0.1, -0.05) is 0 Å². The molecule has 0 aromatic carbocycles. The fraction of sp³-hybridized carbons (Fsp3) is 0.455. The lowest BCUT2D eigenvalue weighted by molar-refractivity contribution is 0.0673. The highest BCUT2D eigenvalue weighted by Crippen LogP contribution is 2.20. The lowest BCUT2D eigenvalue weighted by Gasteiger charge is -2.28. The van der Waals surface area contributed by atoms with Gasteiger partial charge in [0.05, 0.1) is 6.07 Å². The van der Waals surface area contributed by atoms with Crippen LogP contribution in [0.4, 0.5) is 0 Å². The Kier molecular flexibility index (Phi) is 3.30. The van der Waals surface area contributed by atoms with Gasteiger partial charge in [0.1, 0.15) is 0 Å². The molecule has 5 heteroatoms. The van der Waals surface area contributed by atoms with Crippen molar-refractivity contribution in [1.82, 2.24) is 4.90 Å². The van der Waals surface area contributed by atoms with Gasteiger partial charge < -0.3 is 9.32 Å². The third-order valence-corrected chi connectivity index (χ3v) is 3.17. The molecule has 1 aromatic rings. The van der Waals surface area contributed by atoms with Gasteiger partial charge >= 0.3 is 0 Å². The van der Waals surface area contributed by atoms with Crippen LogP contribution in [0.2, 0.25) is 0 Å². The Balaban J connectivity index is 2.00. The lowest BCUT2D eigenvalue weighted by atomic mass is 9.98. The molecule has 0 bridgehead atoms. The van der Waals surface area contributed by atoms with E-state index in [2.05, 4.69) is 22.0 Å². The number of nitrogens with zero attached hydrogens (tertiary/aromatic N) is 2. The van der Waals surface area contributed by atoms with Crippen molar-refractivity contribution in [3.8, 4) is 6.07 Å². The normalized spacial score (nSPS) is 17.1. The SMILES string of the molecule is N#CC1CCN(C(=O)c2ccc(Br)o2)CC1. The molecule has 1 saturated heterocycles. The molecule has 16 heavy (non-hydrogen) atoms. The molecule has 0 spiro atoms. The second-order valence-corrected chi connectivity index (χ2v) is 4.58. The Morgan fingerprint density at radius 1 is 1.50 bits per heavy atom. The highest BCUT2D eigenvalue weighted by atomic mass is 79.9. The highest BCUT2D eigenvalue weighted by molar-refractivity contribution is 9.10. The first-order chi connectivity index (χ1) is 7.70. The maximum Gasteiger partial charge on any atom is 0.289 e. The standard InChI is InChI=1S/C11H11BrN2O2/c12-10-2-1-9(16-10)11(15)14-5-3-8(7-13)4-6-14/h1-2,8H,3-6H2. The summed E-state index contributed by atoms with van der Waals surface area (Å²) in [6, 6.07) is 5.60. The van der Waals surface area contributed by atoms with Crippen molar-refractivity contribution in [2.45, 2.75) is 12.8 Å². The van der Waals surface area contributed by atoms with Crippen molar-refractivity contribution in [2.24, 2.45) is 5.92 Å². The number of carbonyl (C=O) groups excluding carboxylic acids is 1. The summed E-state index contributed by atoms with van der Waals surface area (Å²) in [5.74, 6) is 0.344. The number of hydrogen-bond donors (Lipinski definition) is 0. The molecule has 1 aliphatic rings. The number of amides is 1. The van der Waals surface area contributed by atoms with Crippen LogP contribution in [0.15, 0.2) is 21.2 Å². The molecule has 1 aliphatic heterocycles. The lowest BCUT2D eigenvalue weighted by Crippen LogP contribution is -2.38. The molecule has 84 valence electrons. The van der Waals surface area contributed by atoms with E-state index in [1.54, 1.807) is 17.0 Å². The van der Waals surface area contributed by atoms with E-state index in [1.165, 1.54) is 0 Å². The van der Waals surface area contributed by atoms with Crippen molar-refractivity contribution in [2.75, 3.05) is 13.1 Å². The summed E-state index contributed by atoms with van der Waals surface area (Å²) < 4.78 is 5.77. The van der Waals surface area contributed by atoms with Crippen molar-refractivity contribution >= 4 is 21.8 Å². The van der Waals surface area contributed by atoms with Crippen LogP contribution in [0.5, 0.6) is 0 Å². The molecule has 4 nitrogen and oxygen atoms in total. The second kappa shape index (κ2) is 4.71. The summed E-state index contributed by atoms with van der Waals surface area (Å²) in [6.45, 7) is 1.27. The largest absolute Gasteiger partial charge is 0.444 e. The number of furan rings is 1. The van der Waals surface area contributed by atoms with Gasteiger partial charge in [0.15, 0.2) is 10.4 Å². The molecule has 0 unspecified atom stereocenters.